The van der Waals surface area contributed by atoms with Gasteiger partial charge < -0.3 is 18.9 Å². The summed E-state index contributed by atoms with van der Waals surface area (Å²) in [6.45, 7) is 2.47. The van der Waals surface area contributed by atoms with Crippen molar-refractivity contribution in [1.29, 1.82) is 0 Å². The second kappa shape index (κ2) is 7.73. The third-order valence-electron chi connectivity index (χ3n) is 3.13. The molecule has 0 spiro atoms. The van der Waals surface area contributed by atoms with Gasteiger partial charge >= 0.3 is 17.9 Å². The van der Waals surface area contributed by atoms with Crippen LogP contribution in [0.4, 0.5) is 0 Å². The van der Waals surface area contributed by atoms with Crippen molar-refractivity contribution in [2.24, 2.45) is 0 Å². The van der Waals surface area contributed by atoms with Gasteiger partial charge in [0.2, 0.25) is 6.29 Å². The molecular formula is C16H18O7. The summed E-state index contributed by atoms with van der Waals surface area (Å²) < 4.78 is 20.7. The molecule has 1 heterocycles. The first-order chi connectivity index (χ1) is 11.0. The van der Waals surface area contributed by atoms with Crippen LogP contribution in [0.25, 0.3) is 0 Å². The summed E-state index contributed by atoms with van der Waals surface area (Å²) in [5, 5.41) is 0. The summed E-state index contributed by atoms with van der Waals surface area (Å²) in [5.74, 6) is -1.53. The maximum Gasteiger partial charge on any atom is 0.338 e. The molecule has 0 amide bonds. The Labute approximate surface area is 133 Å². The molecule has 0 bridgehead atoms. The summed E-state index contributed by atoms with van der Waals surface area (Å²) in [6, 6.07) is 8.54. The van der Waals surface area contributed by atoms with Crippen LogP contribution in [0.5, 0.6) is 0 Å². The van der Waals surface area contributed by atoms with E-state index >= 15 is 0 Å². The number of hydrogen-bond acceptors (Lipinski definition) is 7. The molecule has 23 heavy (non-hydrogen) atoms. The molecule has 1 aliphatic heterocycles. The first-order valence-corrected chi connectivity index (χ1v) is 7.17. The smallest absolute Gasteiger partial charge is 0.338 e. The van der Waals surface area contributed by atoms with E-state index in [1.165, 1.54) is 13.8 Å². The summed E-state index contributed by atoms with van der Waals surface area (Å²) in [5.41, 5.74) is 0.429. The normalized spacial score (nSPS) is 23.1. The Balaban J connectivity index is 1.89. The highest BCUT2D eigenvalue weighted by atomic mass is 16.7. The van der Waals surface area contributed by atoms with Crippen molar-refractivity contribution >= 4 is 17.9 Å². The first-order valence-electron chi connectivity index (χ1n) is 7.17. The Kier molecular flexibility index (Phi) is 5.70. The number of hydrogen-bond donors (Lipinski definition) is 0. The molecule has 0 aromatic heterocycles. The topological polar surface area (TPSA) is 88.1 Å². The fourth-order valence-electron chi connectivity index (χ4n) is 2.22. The molecule has 0 N–H and O–H groups in total. The first kappa shape index (κ1) is 17.0. The lowest BCUT2D eigenvalue weighted by molar-refractivity contribution is -0.195. The van der Waals surface area contributed by atoms with Gasteiger partial charge in [-0.25, -0.2) is 4.79 Å². The van der Waals surface area contributed by atoms with Crippen molar-refractivity contribution < 1.29 is 33.3 Å². The molecule has 7 nitrogen and oxygen atoms in total. The highest BCUT2D eigenvalue weighted by molar-refractivity contribution is 5.89. The number of carbonyl (C=O) groups excluding carboxylic acids is 3. The van der Waals surface area contributed by atoms with Gasteiger partial charge in [-0.2, -0.15) is 0 Å². The van der Waals surface area contributed by atoms with Gasteiger partial charge in [-0.05, 0) is 12.1 Å². The summed E-state index contributed by atoms with van der Waals surface area (Å²) in [4.78, 5) is 34.0. The minimum Gasteiger partial charge on any atom is -0.459 e. The van der Waals surface area contributed by atoms with Crippen LogP contribution in [0.3, 0.4) is 0 Å². The highest BCUT2D eigenvalue weighted by Crippen LogP contribution is 2.25. The molecule has 0 aliphatic carbocycles. The molecule has 1 aliphatic rings. The maximum absolute atomic E-state index is 11.9. The second-order valence-corrected chi connectivity index (χ2v) is 5.08. The molecule has 124 valence electrons. The van der Waals surface area contributed by atoms with Crippen LogP contribution in [0.15, 0.2) is 30.3 Å². The lowest BCUT2D eigenvalue weighted by atomic mass is 10.2. The van der Waals surface area contributed by atoms with E-state index in [9.17, 15) is 14.4 Å². The van der Waals surface area contributed by atoms with Gasteiger partial charge in [-0.15, -0.1) is 0 Å². The Hall–Kier alpha value is -2.41. The van der Waals surface area contributed by atoms with Gasteiger partial charge in [0.25, 0.3) is 0 Å². The van der Waals surface area contributed by atoms with Crippen LogP contribution in [-0.2, 0) is 28.5 Å². The minimum absolute atomic E-state index is 0.0245. The Morgan fingerprint density at radius 3 is 2.35 bits per heavy atom. The fourth-order valence-corrected chi connectivity index (χ4v) is 2.22. The summed E-state index contributed by atoms with van der Waals surface area (Å²) in [6.07, 6.45) is -1.94. The molecule has 1 aromatic rings. The van der Waals surface area contributed by atoms with E-state index < -0.39 is 36.4 Å². The Morgan fingerprint density at radius 1 is 1.09 bits per heavy atom. The zero-order valence-electron chi connectivity index (χ0n) is 12.9. The van der Waals surface area contributed by atoms with E-state index in [1.54, 1.807) is 30.3 Å². The summed E-state index contributed by atoms with van der Waals surface area (Å²) >= 11 is 0. The maximum atomic E-state index is 11.9. The predicted molar refractivity (Wildman–Crippen MR) is 77.3 cm³/mol. The summed E-state index contributed by atoms with van der Waals surface area (Å²) in [7, 11) is 0. The van der Waals surface area contributed by atoms with Crippen molar-refractivity contribution in [2.45, 2.75) is 38.8 Å². The van der Waals surface area contributed by atoms with E-state index in [4.69, 9.17) is 18.9 Å². The van der Waals surface area contributed by atoms with Crippen LogP contribution < -0.4 is 0 Å². The quantitative estimate of drug-likeness (QED) is 0.599. The number of benzene rings is 1. The Morgan fingerprint density at radius 2 is 1.74 bits per heavy atom. The SMILES string of the molecule is CC(=O)OC1O[C@H](COC(=O)c2ccccc2)C[C@H]1OC(C)=O. The van der Waals surface area contributed by atoms with Crippen LogP contribution in [0, 0.1) is 0 Å². The van der Waals surface area contributed by atoms with E-state index in [0.717, 1.165) is 0 Å². The fraction of sp³-hybridized carbons (Fsp3) is 0.438. The van der Waals surface area contributed by atoms with Gasteiger partial charge in [0.05, 0.1) is 11.7 Å². The average molecular weight is 322 g/mol. The van der Waals surface area contributed by atoms with Crippen LogP contribution in [0.1, 0.15) is 30.6 Å². The van der Waals surface area contributed by atoms with Crippen molar-refractivity contribution in [3.05, 3.63) is 35.9 Å². The van der Waals surface area contributed by atoms with Crippen LogP contribution >= 0.6 is 0 Å². The number of carbonyl (C=O) groups is 3. The molecule has 2 rings (SSSR count). The third-order valence-corrected chi connectivity index (χ3v) is 3.13. The molecule has 1 saturated heterocycles. The minimum atomic E-state index is -0.989. The number of rotatable bonds is 5. The lowest BCUT2D eigenvalue weighted by Crippen LogP contribution is -2.30. The zero-order valence-corrected chi connectivity index (χ0v) is 12.9. The van der Waals surface area contributed by atoms with Gasteiger partial charge in [0, 0.05) is 20.3 Å². The molecular weight excluding hydrogens is 304 g/mol. The highest BCUT2D eigenvalue weighted by Gasteiger charge is 2.40. The van der Waals surface area contributed by atoms with Gasteiger partial charge in [0.1, 0.15) is 6.61 Å². The molecule has 3 atom stereocenters. The molecule has 0 radical (unpaired) electrons. The average Bonchev–Trinajstić information content (AvgIpc) is 2.86. The standard InChI is InChI=1S/C16H18O7/c1-10(17)21-14-8-13(23-16(14)22-11(2)18)9-20-15(19)12-6-4-3-5-7-12/h3-7,13-14,16H,8-9H2,1-2H3/t13-,14+,16?/m0/s1. The Bertz CT molecular complexity index is 545. The van der Waals surface area contributed by atoms with Crippen molar-refractivity contribution in [3.8, 4) is 0 Å². The van der Waals surface area contributed by atoms with Crippen molar-refractivity contribution in [3.63, 3.8) is 0 Å². The number of ether oxygens (including phenoxy) is 4. The molecule has 1 fully saturated rings. The van der Waals surface area contributed by atoms with Crippen molar-refractivity contribution in [2.75, 3.05) is 6.61 Å². The van der Waals surface area contributed by atoms with Gasteiger partial charge in [-0.3, -0.25) is 9.59 Å². The molecule has 1 aromatic carbocycles. The van der Waals surface area contributed by atoms with E-state index in [2.05, 4.69) is 0 Å². The number of esters is 3. The predicted octanol–water partition coefficient (Wildman–Crippen LogP) is 1.45. The van der Waals surface area contributed by atoms with Crippen LogP contribution in [0.2, 0.25) is 0 Å². The largest absolute Gasteiger partial charge is 0.459 e. The van der Waals surface area contributed by atoms with E-state index in [0.29, 0.717) is 5.56 Å². The van der Waals surface area contributed by atoms with Gasteiger partial charge in [-0.1, -0.05) is 18.2 Å². The van der Waals surface area contributed by atoms with E-state index in [-0.39, 0.29) is 13.0 Å². The van der Waals surface area contributed by atoms with Crippen LogP contribution in [-0.4, -0.2) is 43.0 Å². The van der Waals surface area contributed by atoms with E-state index in [1.807, 2.05) is 0 Å². The third kappa shape index (κ3) is 5.07. The molecule has 0 saturated carbocycles. The molecule has 1 unspecified atom stereocenters. The lowest BCUT2D eigenvalue weighted by Gasteiger charge is -2.17. The molecule has 7 heteroatoms. The van der Waals surface area contributed by atoms with Crippen molar-refractivity contribution in [1.82, 2.24) is 0 Å². The monoisotopic (exact) mass is 322 g/mol. The zero-order chi connectivity index (χ0) is 16.8. The van der Waals surface area contributed by atoms with Gasteiger partial charge in [0.15, 0.2) is 6.10 Å². The second-order valence-electron chi connectivity index (χ2n) is 5.08.